The topological polar surface area (TPSA) is 109 Å². The molecule has 1 amide bonds. The molecule has 214 valence electrons. The number of benzene rings is 1. The molecule has 1 aromatic rings. The number of ether oxygens (including phenoxy) is 2. The first-order chi connectivity index (χ1) is 18.8. The Labute approximate surface area is 237 Å². The van der Waals surface area contributed by atoms with E-state index in [1.54, 1.807) is 0 Å². The van der Waals surface area contributed by atoms with E-state index in [0.29, 0.717) is 35.5 Å². The standard InChI is InChI=1S/C33H42N2O5/c1-30(2)26-12-11-23-24(13-15-32(4)25(23)14-16-33(32,5)38)31(26,3)17-22(18-34)28(30)40-27(36)19-35-29(37)39-20-21-9-7-6-8-10-21/h6-10,12,23-25,38H,11,13-17,19-20H2,1-5H3,(H,35,37)/t23?,24?,25?,31-,32+,33+/m1/s1. The molecule has 4 aliphatic rings. The maximum absolute atomic E-state index is 12.8. The number of nitriles is 1. The lowest BCUT2D eigenvalue weighted by atomic mass is 9.44. The van der Waals surface area contributed by atoms with Crippen LogP contribution < -0.4 is 5.32 Å². The highest BCUT2D eigenvalue weighted by atomic mass is 16.6. The number of nitrogens with zero attached hydrogens (tertiary/aromatic N) is 1. The summed E-state index contributed by atoms with van der Waals surface area (Å²) in [5.41, 5.74) is 0.991. The Balaban J connectivity index is 1.30. The van der Waals surface area contributed by atoms with Crippen LogP contribution in [0.25, 0.3) is 0 Å². The lowest BCUT2D eigenvalue weighted by molar-refractivity contribution is -0.140. The second-order valence-corrected chi connectivity index (χ2v) is 13.5. The van der Waals surface area contributed by atoms with Crippen LogP contribution in [0.2, 0.25) is 0 Å². The molecule has 5 rings (SSSR count). The first-order valence-electron chi connectivity index (χ1n) is 14.6. The van der Waals surface area contributed by atoms with Crippen LogP contribution in [0, 0.1) is 45.3 Å². The van der Waals surface area contributed by atoms with Crippen molar-refractivity contribution in [2.45, 2.75) is 85.4 Å². The third kappa shape index (κ3) is 4.55. The molecule has 0 aromatic heterocycles. The Morgan fingerprint density at radius 3 is 2.48 bits per heavy atom. The van der Waals surface area contributed by atoms with Crippen molar-refractivity contribution >= 4 is 12.1 Å². The Kier molecular flexibility index (Phi) is 7.15. The number of alkyl carbamates (subject to hydrolysis) is 1. The monoisotopic (exact) mass is 546 g/mol. The highest BCUT2D eigenvalue weighted by Crippen LogP contribution is 2.69. The number of rotatable bonds is 5. The van der Waals surface area contributed by atoms with E-state index in [4.69, 9.17) is 9.47 Å². The molecule has 4 aliphatic carbocycles. The number of fused-ring (bicyclic) bond motifs is 5. The summed E-state index contributed by atoms with van der Waals surface area (Å²) < 4.78 is 11.0. The molecule has 1 aromatic carbocycles. The van der Waals surface area contributed by atoms with Crippen molar-refractivity contribution in [1.29, 1.82) is 5.26 Å². The molecule has 0 spiro atoms. The van der Waals surface area contributed by atoms with Crippen LogP contribution in [-0.4, -0.2) is 29.3 Å². The number of nitrogens with one attached hydrogen (secondary N) is 1. The van der Waals surface area contributed by atoms with Gasteiger partial charge in [-0.25, -0.2) is 9.59 Å². The third-order valence-corrected chi connectivity index (χ3v) is 11.0. The van der Waals surface area contributed by atoms with Crippen LogP contribution in [0.5, 0.6) is 0 Å². The summed E-state index contributed by atoms with van der Waals surface area (Å²) in [7, 11) is 0. The zero-order chi connectivity index (χ0) is 28.9. The fourth-order valence-electron chi connectivity index (χ4n) is 8.83. The van der Waals surface area contributed by atoms with Gasteiger partial charge in [-0.3, -0.25) is 0 Å². The molecule has 2 N–H and O–H groups in total. The van der Waals surface area contributed by atoms with Gasteiger partial charge in [0, 0.05) is 5.41 Å². The van der Waals surface area contributed by atoms with E-state index >= 15 is 0 Å². The maximum atomic E-state index is 12.8. The van der Waals surface area contributed by atoms with Gasteiger partial charge >= 0.3 is 12.1 Å². The van der Waals surface area contributed by atoms with Gasteiger partial charge in [-0.05, 0) is 93.4 Å². The predicted octanol–water partition coefficient (Wildman–Crippen LogP) is 6.19. The van der Waals surface area contributed by atoms with Crippen molar-refractivity contribution in [1.82, 2.24) is 5.32 Å². The van der Waals surface area contributed by atoms with Crippen LogP contribution in [-0.2, 0) is 20.9 Å². The van der Waals surface area contributed by atoms with Gasteiger partial charge in [0.25, 0.3) is 0 Å². The summed E-state index contributed by atoms with van der Waals surface area (Å²) in [6.45, 7) is 10.4. The molecule has 0 radical (unpaired) electrons. The molecule has 0 saturated heterocycles. The minimum absolute atomic E-state index is 0.0795. The summed E-state index contributed by atoms with van der Waals surface area (Å²) in [5, 5.41) is 23.9. The molecule has 7 nitrogen and oxygen atoms in total. The lowest BCUT2D eigenvalue weighted by Crippen LogP contribution is -2.55. The number of allylic oxidation sites excluding steroid dienone is 3. The van der Waals surface area contributed by atoms with E-state index in [0.717, 1.165) is 37.7 Å². The van der Waals surface area contributed by atoms with Crippen LogP contribution in [0.15, 0.2) is 53.3 Å². The van der Waals surface area contributed by atoms with Gasteiger partial charge in [0.2, 0.25) is 0 Å². The second-order valence-electron chi connectivity index (χ2n) is 13.5. The minimum Gasteiger partial charge on any atom is -0.445 e. The van der Waals surface area contributed by atoms with Crippen molar-refractivity contribution in [3.05, 3.63) is 58.9 Å². The van der Waals surface area contributed by atoms with Crippen LogP contribution in [0.1, 0.15) is 78.7 Å². The summed E-state index contributed by atoms with van der Waals surface area (Å²) in [5.74, 6) is 1.08. The number of aliphatic hydroxyl groups is 1. The van der Waals surface area contributed by atoms with Crippen LogP contribution >= 0.6 is 0 Å². The highest BCUT2D eigenvalue weighted by Gasteiger charge is 2.63. The summed E-state index contributed by atoms with van der Waals surface area (Å²) >= 11 is 0. The van der Waals surface area contributed by atoms with E-state index in [1.807, 2.05) is 51.1 Å². The van der Waals surface area contributed by atoms with E-state index < -0.39 is 23.1 Å². The quantitative estimate of drug-likeness (QED) is 0.337. The van der Waals surface area contributed by atoms with Crippen molar-refractivity contribution < 1.29 is 24.2 Å². The number of carbonyl (C=O) groups excluding carboxylic acids is 2. The Morgan fingerprint density at radius 1 is 1.07 bits per heavy atom. The van der Waals surface area contributed by atoms with E-state index in [1.165, 1.54) is 5.57 Å². The van der Waals surface area contributed by atoms with E-state index in [9.17, 15) is 20.0 Å². The van der Waals surface area contributed by atoms with Gasteiger partial charge in [0.1, 0.15) is 18.9 Å². The van der Waals surface area contributed by atoms with E-state index in [2.05, 4.69) is 31.3 Å². The fraction of sp³-hybridized carbons (Fsp3) is 0.606. The second kappa shape index (κ2) is 10.1. The predicted molar refractivity (Wildman–Crippen MR) is 150 cm³/mol. The van der Waals surface area contributed by atoms with E-state index in [-0.39, 0.29) is 24.0 Å². The summed E-state index contributed by atoms with van der Waals surface area (Å²) in [4.78, 5) is 25.0. The molecule has 0 aliphatic heterocycles. The van der Waals surface area contributed by atoms with Crippen molar-refractivity contribution in [3.63, 3.8) is 0 Å². The average molecular weight is 547 g/mol. The SMILES string of the molecule is CC1(C)C2=CCC3C(CC[C@@]4(C)C3CC[C@]4(C)O)[C@@]2(C)CC(C#N)=C1OC(=O)CNC(=O)OCc1ccccc1. The lowest BCUT2D eigenvalue weighted by Gasteiger charge is -2.60. The molecule has 2 saturated carbocycles. The molecule has 40 heavy (non-hydrogen) atoms. The van der Waals surface area contributed by atoms with Crippen molar-refractivity contribution in [2.24, 2.45) is 34.0 Å². The molecule has 6 atom stereocenters. The summed E-state index contributed by atoms with van der Waals surface area (Å²) in [6, 6.07) is 11.7. The van der Waals surface area contributed by atoms with Crippen molar-refractivity contribution in [2.75, 3.05) is 6.54 Å². The summed E-state index contributed by atoms with van der Waals surface area (Å²) in [6.07, 6.45) is 6.96. The molecule has 7 heteroatoms. The van der Waals surface area contributed by atoms with Gasteiger partial charge in [-0.15, -0.1) is 0 Å². The number of hydrogen-bond donors (Lipinski definition) is 2. The van der Waals surface area contributed by atoms with Gasteiger partial charge in [0.15, 0.2) is 0 Å². The first-order valence-corrected chi connectivity index (χ1v) is 14.6. The Hall–Kier alpha value is -3.11. The molecule has 0 bridgehead atoms. The van der Waals surface area contributed by atoms with Gasteiger partial charge in [-0.1, -0.05) is 55.8 Å². The maximum Gasteiger partial charge on any atom is 0.407 e. The largest absolute Gasteiger partial charge is 0.445 e. The molecule has 0 heterocycles. The Bertz CT molecular complexity index is 1290. The molecular weight excluding hydrogens is 504 g/mol. The zero-order valence-electron chi connectivity index (χ0n) is 24.4. The molecule has 3 unspecified atom stereocenters. The fourth-order valence-corrected chi connectivity index (χ4v) is 8.83. The van der Waals surface area contributed by atoms with Gasteiger partial charge < -0.3 is 19.9 Å². The molecule has 2 fully saturated rings. The zero-order valence-corrected chi connectivity index (χ0v) is 24.4. The minimum atomic E-state index is -0.706. The molecular formula is C33H42N2O5. The number of carbonyl (C=O) groups is 2. The van der Waals surface area contributed by atoms with Crippen LogP contribution in [0.4, 0.5) is 4.79 Å². The number of esters is 1. The number of hydrogen-bond acceptors (Lipinski definition) is 6. The van der Waals surface area contributed by atoms with Gasteiger partial charge in [0.05, 0.1) is 17.2 Å². The smallest absolute Gasteiger partial charge is 0.407 e. The third-order valence-electron chi connectivity index (χ3n) is 11.0. The van der Waals surface area contributed by atoms with Crippen LogP contribution in [0.3, 0.4) is 0 Å². The normalized spacial score (nSPS) is 35.8. The number of amides is 1. The average Bonchev–Trinajstić information content (AvgIpc) is 3.16. The van der Waals surface area contributed by atoms with Gasteiger partial charge in [-0.2, -0.15) is 5.26 Å². The Morgan fingerprint density at radius 2 is 1.77 bits per heavy atom. The first kappa shape index (κ1) is 28.4. The van der Waals surface area contributed by atoms with Crippen molar-refractivity contribution in [3.8, 4) is 6.07 Å². The highest BCUT2D eigenvalue weighted by molar-refractivity contribution is 5.79.